The van der Waals surface area contributed by atoms with Crippen LogP contribution in [0.15, 0.2) is 61.9 Å². The normalized spacial score (nSPS) is 11.7. The highest BCUT2D eigenvalue weighted by molar-refractivity contribution is 7.99. The zero-order valence-electron chi connectivity index (χ0n) is 16.0. The van der Waals surface area contributed by atoms with Gasteiger partial charge in [0.15, 0.2) is 0 Å². The number of aromatic nitrogens is 2. The number of rotatable bonds is 8. The Labute approximate surface area is 182 Å². The van der Waals surface area contributed by atoms with Gasteiger partial charge >= 0.3 is 0 Å². The predicted octanol–water partition coefficient (Wildman–Crippen LogP) is 4.48. The van der Waals surface area contributed by atoms with Crippen LogP contribution in [0.4, 0.5) is 5.69 Å². The number of sulfonamides is 1. The second kappa shape index (κ2) is 9.13. The molecular formula is C18H17ClN4O5S2. The minimum atomic E-state index is -3.83. The molecule has 0 aliphatic heterocycles. The molecule has 1 aromatic heterocycles. The maximum Gasteiger partial charge on any atom is 0.284 e. The summed E-state index contributed by atoms with van der Waals surface area (Å²) < 4.78 is 32.1. The number of benzene rings is 2. The van der Waals surface area contributed by atoms with E-state index in [1.807, 2.05) is 0 Å². The minimum absolute atomic E-state index is 0.0624. The zero-order chi connectivity index (χ0) is 21.9. The molecule has 12 heteroatoms. The fourth-order valence-corrected chi connectivity index (χ4v) is 5.15. The summed E-state index contributed by atoms with van der Waals surface area (Å²) in [6, 6.07) is 10.6. The van der Waals surface area contributed by atoms with E-state index < -0.39 is 14.9 Å². The van der Waals surface area contributed by atoms with Gasteiger partial charge in [-0.25, -0.2) is 8.42 Å². The van der Waals surface area contributed by atoms with Crippen LogP contribution in [0.2, 0.25) is 5.02 Å². The second-order valence-corrected chi connectivity index (χ2v) is 9.27. The van der Waals surface area contributed by atoms with Gasteiger partial charge in [-0.3, -0.25) is 10.1 Å². The third-order valence-corrected chi connectivity index (χ3v) is 7.46. The van der Waals surface area contributed by atoms with Crippen molar-refractivity contribution in [2.75, 3.05) is 13.1 Å². The Hall–Kier alpha value is -2.47. The molecule has 2 aromatic carbocycles. The van der Waals surface area contributed by atoms with Gasteiger partial charge in [0.05, 0.1) is 25.3 Å². The molecule has 0 radical (unpaired) electrons. The summed E-state index contributed by atoms with van der Waals surface area (Å²) in [6.07, 6.45) is 0. The van der Waals surface area contributed by atoms with Crippen molar-refractivity contribution in [3.8, 4) is 11.5 Å². The van der Waals surface area contributed by atoms with Gasteiger partial charge in [0.25, 0.3) is 10.9 Å². The molecule has 0 fully saturated rings. The third-order valence-electron chi connectivity index (χ3n) is 4.18. The maximum absolute atomic E-state index is 12.7. The minimum Gasteiger partial charge on any atom is -0.411 e. The lowest BCUT2D eigenvalue weighted by Crippen LogP contribution is -2.30. The number of nitro benzene ring substituents is 1. The van der Waals surface area contributed by atoms with Crippen LogP contribution in [0.5, 0.6) is 0 Å². The first-order valence-electron chi connectivity index (χ1n) is 8.82. The number of hydrogen-bond donors (Lipinski definition) is 0. The number of nitro groups is 1. The first-order valence-corrected chi connectivity index (χ1v) is 11.5. The number of halogens is 1. The Kier molecular flexibility index (Phi) is 6.76. The van der Waals surface area contributed by atoms with E-state index in [-0.39, 0.29) is 39.7 Å². The van der Waals surface area contributed by atoms with Crippen molar-refractivity contribution < 1.29 is 17.8 Å². The lowest BCUT2D eigenvalue weighted by molar-refractivity contribution is -0.388. The highest BCUT2D eigenvalue weighted by Crippen LogP contribution is 2.37. The molecule has 0 aliphatic carbocycles. The summed E-state index contributed by atoms with van der Waals surface area (Å²) in [7, 11) is -3.83. The largest absolute Gasteiger partial charge is 0.411 e. The van der Waals surface area contributed by atoms with Crippen LogP contribution in [-0.2, 0) is 10.0 Å². The maximum atomic E-state index is 12.7. The molecule has 1 heterocycles. The Morgan fingerprint density at radius 1 is 1.17 bits per heavy atom. The Bertz CT molecular complexity index is 1180. The number of hydrogen-bond acceptors (Lipinski definition) is 8. The molecule has 0 N–H and O–H groups in total. The molecule has 9 nitrogen and oxygen atoms in total. The fourth-order valence-electron chi connectivity index (χ4n) is 2.69. The quantitative estimate of drug-likeness (QED) is 0.350. The highest BCUT2D eigenvalue weighted by Gasteiger charge is 2.26. The van der Waals surface area contributed by atoms with Gasteiger partial charge in [-0.2, -0.15) is 4.31 Å². The fraction of sp³-hybridized carbons (Fsp3) is 0.222. The first-order chi connectivity index (χ1) is 14.3. The molecule has 30 heavy (non-hydrogen) atoms. The van der Waals surface area contributed by atoms with E-state index in [0.717, 1.165) is 17.8 Å². The van der Waals surface area contributed by atoms with Gasteiger partial charge in [-0.05, 0) is 36.0 Å². The molecule has 158 valence electrons. The van der Waals surface area contributed by atoms with Gasteiger partial charge < -0.3 is 4.42 Å². The second-order valence-electron chi connectivity index (χ2n) is 5.93. The molecule has 0 bridgehead atoms. The molecule has 0 atom stereocenters. The Morgan fingerprint density at radius 2 is 1.87 bits per heavy atom. The SMILES string of the molecule is CCN(CC)S(=O)(=O)c1ccc(Sc2nnc(-c3ccccc3Cl)o2)c([N+](=O)[O-])c1. The van der Waals surface area contributed by atoms with E-state index in [1.165, 1.54) is 16.4 Å². The van der Waals surface area contributed by atoms with Crippen LogP contribution in [0.25, 0.3) is 11.5 Å². The van der Waals surface area contributed by atoms with Gasteiger partial charge in [0, 0.05) is 19.2 Å². The van der Waals surface area contributed by atoms with E-state index in [9.17, 15) is 18.5 Å². The van der Waals surface area contributed by atoms with Crippen LogP contribution in [0.3, 0.4) is 0 Å². The Balaban J connectivity index is 1.94. The van der Waals surface area contributed by atoms with Crippen molar-refractivity contribution >= 4 is 39.1 Å². The third kappa shape index (κ3) is 4.48. The Morgan fingerprint density at radius 3 is 2.50 bits per heavy atom. The average molecular weight is 469 g/mol. The molecule has 3 rings (SSSR count). The topological polar surface area (TPSA) is 119 Å². The van der Waals surface area contributed by atoms with Crippen molar-refractivity contribution in [3.05, 3.63) is 57.6 Å². The van der Waals surface area contributed by atoms with Crippen LogP contribution in [0, 0.1) is 10.1 Å². The molecule has 0 amide bonds. The standard InChI is InChI=1S/C18H17ClN4O5S2/c1-3-22(4-2)30(26,27)12-9-10-16(15(11-12)23(24)25)29-18-21-20-17(28-18)13-7-5-6-8-14(13)19/h5-11H,3-4H2,1-2H3. The summed E-state index contributed by atoms with van der Waals surface area (Å²) in [6.45, 7) is 3.92. The summed E-state index contributed by atoms with van der Waals surface area (Å²) >= 11 is 6.99. The predicted molar refractivity (Wildman–Crippen MR) is 112 cm³/mol. The lowest BCUT2D eigenvalue weighted by Gasteiger charge is -2.18. The van der Waals surface area contributed by atoms with Crippen LogP contribution in [0.1, 0.15) is 13.8 Å². The molecule has 0 spiro atoms. The zero-order valence-corrected chi connectivity index (χ0v) is 18.4. The van der Waals surface area contributed by atoms with Crippen molar-refractivity contribution in [1.82, 2.24) is 14.5 Å². The summed E-state index contributed by atoms with van der Waals surface area (Å²) in [5.41, 5.74) is 0.166. The van der Waals surface area contributed by atoms with Gasteiger partial charge in [0.1, 0.15) is 0 Å². The highest BCUT2D eigenvalue weighted by atomic mass is 35.5. The van der Waals surface area contributed by atoms with Crippen molar-refractivity contribution in [3.63, 3.8) is 0 Å². The smallest absolute Gasteiger partial charge is 0.284 e. The van der Waals surface area contributed by atoms with Gasteiger partial charge in [-0.15, -0.1) is 10.2 Å². The lowest BCUT2D eigenvalue weighted by atomic mass is 10.2. The monoisotopic (exact) mass is 468 g/mol. The van der Waals surface area contributed by atoms with Crippen molar-refractivity contribution in [2.24, 2.45) is 0 Å². The van der Waals surface area contributed by atoms with E-state index in [2.05, 4.69) is 10.2 Å². The van der Waals surface area contributed by atoms with E-state index >= 15 is 0 Å². The van der Waals surface area contributed by atoms with Crippen molar-refractivity contribution in [2.45, 2.75) is 28.9 Å². The number of nitrogens with zero attached hydrogens (tertiary/aromatic N) is 4. The van der Waals surface area contributed by atoms with Crippen molar-refractivity contribution in [1.29, 1.82) is 0 Å². The summed E-state index contributed by atoms with van der Waals surface area (Å²) in [5, 5.41) is 19.9. The van der Waals surface area contributed by atoms with Gasteiger partial charge in [0.2, 0.25) is 15.9 Å². The molecule has 3 aromatic rings. The first kappa shape index (κ1) is 22.2. The van der Waals surface area contributed by atoms with Crippen LogP contribution in [-0.4, -0.2) is 40.9 Å². The summed E-state index contributed by atoms with van der Waals surface area (Å²) in [5.74, 6) is 0.173. The van der Waals surface area contributed by atoms with Crippen LogP contribution < -0.4 is 0 Å². The summed E-state index contributed by atoms with van der Waals surface area (Å²) in [4.78, 5) is 11.0. The average Bonchev–Trinajstić information content (AvgIpc) is 3.17. The van der Waals surface area contributed by atoms with E-state index in [1.54, 1.807) is 38.1 Å². The molecule has 0 saturated heterocycles. The van der Waals surface area contributed by atoms with Crippen LogP contribution >= 0.6 is 23.4 Å². The molecule has 0 saturated carbocycles. The molecule has 0 aliphatic rings. The van der Waals surface area contributed by atoms with E-state index in [4.69, 9.17) is 16.0 Å². The van der Waals surface area contributed by atoms with Gasteiger partial charge in [-0.1, -0.05) is 37.6 Å². The molecular weight excluding hydrogens is 452 g/mol. The molecule has 0 unspecified atom stereocenters. The van der Waals surface area contributed by atoms with E-state index in [0.29, 0.717) is 10.6 Å².